The molecule has 13 heavy (non-hydrogen) atoms. The monoisotopic (exact) mass is 186 g/mol. The molecule has 0 fully saturated rings. The van der Waals surface area contributed by atoms with E-state index >= 15 is 0 Å². The fraction of sp³-hybridized carbons (Fsp3) is 0.667. The molecule has 0 radical (unpaired) electrons. The van der Waals surface area contributed by atoms with Crippen molar-refractivity contribution < 1.29 is 9.90 Å². The van der Waals surface area contributed by atoms with E-state index in [-0.39, 0.29) is 12.6 Å². The fourth-order valence-corrected chi connectivity index (χ4v) is 0.863. The van der Waals surface area contributed by atoms with Crippen LogP contribution in [-0.4, -0.2) is 35.7 Å². The third kappa shape index (κ3) is 5.25. The molecule has 0 aromatic carbocycles. The maximum absolute atomic E-state index is 11.3. The summed E-state index contributed by atoms with van der Waals surface area (Å²) in [6, 6.07) is -0.166. The van der Waals surface area contributed by atoms with Gasteiger partial charge >= 0.3 is 6.03 Å². The van der Waals surface area contributed by atoms with Crippen LogP contribution in [0.25, 0.3) is 0 Å². The number of carbonyl (C=O) groups is 1. The molecule has 0 aliphatic carbocycles. The number of rotatable bonds is 5. The first-order valence-electron chi connectivity index (χ1n) is 4.57. The minimum atomic E-state index is -0.166. The lowest BCUT2D eigenvalue weighted by Crippen LogP contribution is -2.39. The first-order chi connectivity index (χ1) is 6.26. The Labute approximate surface area is 79.2 Å². The minimum Gasteiger partial charge on any atom is -0.395 e. The highest BCUT2D eigenvalue weighted by Crippen LogP contribution is 1.88. The summed E-state index contributed by atoms with van der Waals surface area (Å²) in [6.45, 7) is 4.85. The Morgan fingerprint density at radius 2 is 2.23 bits per heavy atom. The van der Waals surface area contributed by atoms with Crippen LogP contribution in [-0.2, 0) is 0 Å². The van der Waals surface area contributed by atoms with E-state index in [0.29, 0.717) is 13.1 Å². The Bertz CT molecular complexity index is 169. The zero-order valence-corrected chi connectivity index (χ0v) is 8.29. The van der Waals surface area contributed by atoms with Crippen molar-refractivity contribution in [3.05, 3.63) is 12.3 Å². The third-order valence-corrected chi connectivity index (χ3v) is 1.60. The summed E-state index contributed by atoms with van der Waals surface area (Å²) >= 11 is 0. The van der Waals surface area contributed by atoms with E-state index in [9.17, 15) is 4.79 Å². The molecule has 0 aliphatic rings. The van der Waals surface area contributed by atoms with Gasteiger partial charge in [-0.05, 0) is 13.3 Å². The number of likely N-dealkylation sites (N-methyl/N-ethyl adjacent to an activating group) is 1. The maximum Gasteiger partial charge on any atom is 0.321 e. The van der Waals surface area contributed by atoms with Crippen LogP contribution in [0.5, 0.6) is 0 Å². The van der Waals surface area contributed by atoms with Crippen LogP contribution in [0.1, 0.15) is 20.3 Å². The van der Waals surface area contributed by atoms with Crippen molar-refractivity contribution in [2.75, 3.05) is 19.7 Å². The smallest absolute Gasteiger partial charge is 0.321 e. The van der Waals surface area contributed by atoms with Gasteiger partial charge in [0.05, 0.1) is 6.61 Å². The van der Waals surface area contributed by atoms with Crippen LogP contribution >= 0.6 is 0 Å². The molecule has 0 rings (SSSR count). The first kappa shape index (κ1) is 12.0. The Morgan fingerprint density at radius 1 is 1.54 bits per heavy atom. The van der Waals surface area contributed by atoms with Gasteiger partial charge in [0.15, 0.2) is 0 Å². The molecule has 0 saturated carbocycles. The fourth-order valence-electron chi connectivity index (χ4n) is 0.863. The molecule has 0 saturated heterocycles. The van der Waals surface area contributed by atoms with Crippen molar-refractivity contribution in [2.24, 2.45) is 0 Å². The summed E-state index contributed by atoms with van der Waals surface area (Å²) in [7, 11) is 0. The molecule has 2 amide bonds. The van der Waals surface area contributed by atoms with Crippen LogP contribution in [0.4, 0.5) is 4.79 Å². The van der Waals surface area contributed by atoms with E-state index < -0.39 is 0 Å². The largest absolute Gasteiger partial charge is 0.395 e. The Morgan fingerprint density at radius 3 is 2.69 bits per heavy atom. The van der Waals surface area contributed by atoms with Crippen molar-refractivity contribution >= 4 is 6.03 Å². The second-order valence-corrected chi connectivity index (χ2v) is 2.56. The van der Waals surface area contributed by atoms with Crippen LogP contribution in [0.2, 0.25) is 0 Å². The molecular weight excluding hydrogens is 168 g/mol. The van der Waals surface area contributed by atoms with Gasteiger partial charge in [-0.15, -0.1) is 0 Å². The van der Waals surface area contributed by atoms with Crippen molar-refractivity contribution in [3.63, 3.8) is 0 Å². The van der Waals surface area contributed by atoms with E-state index in [0.717, 1.165) is 6.42 Å². The normalized spacial score (nSPS) is 10.4. The van der Waals surface area contributed by atoms with Gasteiger partial charge in [0.2, 0.25) is 0 Å². The first-order valence-corrected chi connectivity index (χ1v) is 4.57. The summed E-state index contributed by atoms with van der Waals surface area (Å²) in [5.41, 5.74) is 0. The molecular formula is C9H18N2O2. The Hall–Kier alpha value is -1.03. The average Bonchev–Trinajstić information content (AvgIpc) is 2.14. The lowest BCUT2D eigenvalue weighted by atomic mass is 10.5. The molecule has 0 atom stereocenters. The molecule has 0 bridgehead atoms. The van der Waals surface area contributed by atoms with Gasteiger partial charge < -0.3 is 15.3 Å². The van der Waals surface area contributed by atoms with Crippen LogP contribution in [0.15, 0.2) is 12.3 Å². The van der Waals surface area contributed by atoms with Crippen molar-refractivity contribution in [1.82, 2.24) is 10.2 Å². The molecule has 0 aliphatic heterocycles. The predicted molar refractivity (Wildman–Crippen MR) is 52.3 cm³/mol. The van der Waals surface area contributed by atoms with Gasteiger partial charge in [-0.2, -0.15) is 0 Å². The van der Waals surface area contributed by atoms with Crippen LogP contribution in [0.3, 0.4) is 0 Å². The third-order valence-electron chi connectivity index (χ3n) is 1.60. The highest BCUT2D eigenvalue weighted by atomic mass is 16.3. The lowest BCUT2D eigenvalue weighted by molar-refractivity contribution is 0.183. The molecule has 0 aromatic rings. The Balaban J connectivity index is 3.83. The van der Waals surface area contributed by atoms with Crippen molar-refractivity contribution in [2.45, 2.75) is 20.3 Å². The van der Waals surface area contributed by atoms with Gasteiger partial charge in [-0.1, -0.05) is 13.0 Å². The van der Waals surface area contributed by atoms with E-state index in [1.165, 1.54) is 0 Å². The topological polar surface area (TPSA) is 52.6 Å². The summed E-state index contributed by atoms with van der Waals surface area (Å²) in [5, 5.41) is 11.3. The number of aliphatic hydroxyl groups excluding tert-OH is 1. The van der Waals surface area contributed by atoms with Crippen LogP contribution < -0.4 is 5.32 Å². The van der Waals surface area contributed by atoms with E-state index in [1.807, 2.05) is 19.9 Å². The van der Waals surface area contributed by atoms with Gasteiger partial charge in [-0.25, -0.2) is 4.79 Å². The number of aliphatic hydroxyl groups is 1. The summed E-state index contributed by atoms with van der Waals surface area (Å²) in [4.78, 5) is 12.8. The Kier molecular flexibility index (Phi) is 7.01. The lowest BCUT2D eigenvalue weighted by Gasteiger charge is -2.18. The standard InChI is InChI=1S/C9H18N2O2/c1-3-5-6-10-9(13)11(4-2)7-8-12/h5-6,12H,3-4,7-8H2,1-2H3,(H,10,13)/b6-5+. The number of amides is 2. The quantitative estimate of drug-likeness (QED) is 0.671. The number of carbonyl (C=O) groups excluding carboxylic acids is 1. The van der Waals surface area contributed by atoms with Gasteiger partial charge in [0, 0.05) is 19.3 Å². The van der Waals surface area contributed by atoms with E-state index in [1.54, 1.807) is 11.1 Å². The minimum absolute atomic E-state index is 0.00124. The molecule has 4 nitrogen and oxygen atoms in total. The number of hydrogen-bond donors (Lipinski definition) is 2. The van der Waals surface area contributed by atoms with Gasteiger partial charge in [-0.3, -0.25) is 0 Å². The van der Waals surface area contributed by atoms with Crippen molar-refractivity contribution in [3.8, 4) is 0 Å². The van der Waals surface area contributed by atoms with E-state index in [4.69, 9.17) is 5.11 Å². The number of nitrogens with zero attached hydrogens (tertiary/aromatic N) is 1. The maximum atomic E-state index is 11.3. The average molecular weight is 186 g/mol. The SMILES string of the molecule is CC/C=C/NC(=O)N(CC)CCO. The van der Waals surface area contributed by atoms with Gasteiger partial charge in [0.25, 0.3) is 0 Å². The van der Waals surface area contributed by atoms with Gasteiger partial charge in [0.1, 0.15) is 0 Å². The molecule has 4 heteroatoms. The number of urea groups is 1. The van der Waals surface area contributed by atoms with Crippen LogP contribution in [0, 0.1) is 0 Å². The molecule has 0 heterocycles. The molecule has 0 unspecified atom stereocenters. The molecule has 76 valence electrons. The molecule has 0 spiro atoms. The zero-order valence-electron chi connectivity index (χ0n) is 8.29. The number of nitrogens with one attached hydrogen (secondary N) is 1. The predicted octanol–water partition coefficient (Wildman–Crippen LogP) is 0.934. The highest BCUT2D eigenvalue weighted by Gasteiger charge is 2.07. The summed E-state index contributed by atoms with van der Waals surface area (Å²) in [6.07, 6.45) is 4.39. The molecule has 2 N–H and O–H groups in total. The second-order valence-electron chi connectivity index (χ2n) is 2.56. The number of allylic oxidation sites excluding steroid dienone is 1. The van der Waals surface area contributed by atoms with E-state index in [2.05, 4.69) is 5.32 Å². The van der Waals surface area contributed by atoms with Crippen molar-refractivity contribution in [1.29, 1.82) is 0 Å². The zero-order chi connectivity index (χ0) is 10.1. The number of hydrogen-bond acceptors (Lipinski definition) is 2. The summed E-state index contributed by atoms with van der Waals surface area (Å²) < 4.78 is 0. The highest BCUT2D eigenvalue weighted by molar-refractivity contribution is 5.75. The molecule has 0 aromatic heterocycles. The summed E-state index contributed by atoms with van der Waals surface area (Å²) in [5.74, 6) is 0. The second kappa shape index (κ2) is 7.61.